The maximum Gasteiger partial charge on any atom is 0.197 e. The summed E-state index contributed by atoms with van der Waals surface area (Å²) >= 11 is 9.69. The molecule has 1 heterocycles. The molecule has 0 aliphatic heterocycles. The first-order valence-electron chi connectivity index (χ1n) is 6.42. The molecule has 0 saturated heterocycles. The molecule has 0 bridgehead atoms. The van der Waals surface area contributed by atoms with E-state index in [0.717, 1.165) is 29.4 Å². The van der Waals surface area contributed by atoms with Crippen molar-refractivity contribution >= 4 is 27.5 Å². The second kappa shape index (κ2) is 7.13. The van der Waals surface area contributed by atoms with E-state index in [2.05, 4.69) is 40.3 Å². The summed E-state index contributed by atoms with van der Waals surface area (Å²) in [7, 11) is 0. The number of benzene rings is 1. The third-order valence-corrected chi connectivity index (χ3v) is 4.13. The Kier molecular flexibility index (Phi) is 5.49. The molecule has 2 rings (SSSR count). The van der Waals surface area contributed by atoms with Crippen molar-refractivity contribution in [2.45, 2.75) is 25.8 Å². The highest BCUT2D eigenvalue weighted by Gasteiger charge is 2.17. The number of furan rings is 1. The van der Waals surface area contributed by atoms with Crippen molar-refractivity contribution < 1.29 is 4.42 Å². The molecule has 0 aliphatic rings. The van der Waals surface area contributed by atoms with E-state index in [1.165, 1.54) is 5.56 Å². The lowest BCUT2D eigenvalue weighted by molar-refractivity contribution is 0.513. The van der Waals surface area contributed by atoms with Crippen molar-refractivity contribution in [3.05, 3.63) is 57.4 Å². The van der Waals surface area contributed by atoms with Gasteiger partial charge in [-0.1, -0.05) is 41.1 Å². The first kappa shape index (κ1) is 14.6. The molecule has 19 heavy (non-hydrogen) atoms. The highest BCUT2D eigenvalue weighted by atomic mass is 79.9. The predicted octanol–water partition coefficient (Wildman–Crippen LogP) is 4.98. The Morgan fingerprint density at radius 2 is 2.11 bits per heavy atom. The van der Waals surface area contributed by atoms with Crippen LogP contribution in [0.1, 0.15) is 30.5 Å². The van der Waals surface area contributed by atoms with Gasteiger partial charge in [0.15, 0.2) is 5.22 Å². The van der Waals surface area contributed by atoms with Crippen molar-refractivity contribution in [1.82, 2.24) is 5.32 Å². The minimum atomic E-state index is 0.171. The largest absolute Gasteiger partial charge is 0.453 e. The van der Waals surface area contributed by atoms with Crippen molar-refractivity contribution in [2.75, 3.05) is 6.54 Å². The van der Waals surface area contributed by atoms with Gasteiger partial charge < -0.3 is 9.73 Å². The van der Waals surface area contributed by atoms with Crippen LogP contribution in [0.15, 0.2) is 45.5 Å². The molecule has 1 N–H and O–H groups in total. The van der Waals surface area contributed by atoms with Gasteiger partial charge in [-0.05, 0) is 48.7 Å². The third kappa shape index (κ3) is 3.85. The molecule has 1 atom stereocenters. The van der Waals surface area contributed by atoms with Gasteiger partial charge in [-0.15, -0.1) is 0 Å². The molecule has 0 amide bonds. The molecule has 0 aliphatic carbocycles. The zero-order chi connectivity index (χ0) is 13.7. The molecular weight excluding hydrogens is 326 g/mol. The first-order chi connectivity index (χ1) is 9.22. The van der Waals surface area contributed by atoms with E-state index in [1.807, 2.05) is 18.2 Å². The monoisotopic (exact) mass is 341 g/mol. The molecule has 2 nitrogen and oxygen atoms in total. The summed E-state index contributed by atoms with van der Waals surface area (Å²) in [6.45, 7) is 3.11. The molecule has 2 aromatic rings. The fourth-order valence-corrected chi connectivity index (χ4v) is 2.74. The summed E-state index contributed by atoms with van der Waals surface area (Å²) in [6, 6.07) is 10.4. The molecule has 0 saturated carbocycles. The summed E-state index contributed by atoms with van der Waals surface area (Å²) in [6.07, 6.45) is 3.60. The number of rotatable bonds is 6. The smallest absolute Gasteiger partial charge is 0.197 e. The predicted molar refractivity (Wildman–Crippen MR) is 82.6 cm³/mol. The number of hydrogen-bond donors (Lipinski definition) is 1. The van der Waals surface area contributed by atoms with Gasteiger partial charge in [0.1, 0.15) is 0 Å². The van der Waals surface area contributed by atoms with Crippen LogP contribution in [-0.2, 0) is 6.42 Å². The molecule has 0 radical (unpaired) electrons. The summed E-state index contributed by atoms with van der Waals surface area (Å²) in [4.78, 5) is 0. The van der Waals surface area contributed by atoms with E-state index >= 15 is 0 Å². The Hall–Kier alpha value is -0.770. The zero-order valence-electron chi connectivity index (χ0n) is 10.8. The zero-order valence-corrected chi connectivity index (χ0v) is 13.2. The first-order valence-corrected chi connectivity index (χ1v) is 7.59. The molecule has 4 heteroatoms. The average Bonchev–Trinajstić information content (AvgIpc) is 2.83. The van der Waals surface area contributed by atoms with Gasteiger partial charge >= 0.3 is 0 Å². The van der Waals surface area contributed by atoms with E-state index in [1.54, 1.807) is 6.26 Å². The molecular formula is C15H17BrClNO. The fraction of sp³-hybridized carbons (Fsp3) is 0.333. The molecule has 102 valence electrons. The van der Waals surface area contributed by atoms with Gasteiger partial charge in [0.25, 0.3) is 0 Å². The van der Waals surface area contributed by atoms with Gasteiger partial charge in [0.05, 0.1) is 6.26 Å². The van der Waals surface area contributed by atoms with Gasteiger partial charge in [0.2, 0.25) is 0 Å². The third-order valence-electron chi connectivity index (χ3n) is 3.04. The van der Waals surface area contributed by atoms with Crippen molar-refractivity contribution in [1.29, 1.82) is 0 Å². The van der Waals surface area contributed by atoms with E-state index in [4.69, 9.17) is 16.0 Å². The summed E-state index contributed by atoms with van der Waals surface area (Å²) in [5, 5.41) is 4.00. The Morgan fingerprint density at radius 1 is 1.32 bits per heavy atom. The average molecular weight is 343 g/mol. The number of nitrogens with one attached hydrogen (secondary N) is 1. The Morgan fingerprint density at radius 3 is 2.74 bits per heavy atom. The maximum atomic E-state index is 6.10. The van der Waals surface area contributed by atoms with Gasteiger partial charge in [-0.2, -0.15) is 0 Å². The van der Waals surface area contributed by atoms with E-state index in [-0.39, 0.29) is 6.04 Å². The lowest BCUT2D eigenvalue weighted by atomic mass is 10.0. The van der Waals surface area contributed by atoms with Crippen LogP contribution in [0.4, 0.5) is 0 Å². The normalized spacial score (nSPS) is 12.6. The minimum Gasteiger partial charge on any atom is -0.453 e. The van der Waals surface area contributed by atoms with Crippen LogP contribution in [0.2, 0.25) is 5.22 Å². The Balaban J connectivity index is 2.19. The second-order valence-electron chi connectivity index (χ2n) is 4.45. The van der Waals surface area contributed by atoms with Crippen LogP contribution in [0.3, 0.4) is 0 Å². The lowest BCUT2D eigenvalue weighted by Crippen LogP contribution is -2.24. The fourth-order valence-electron chi connectivity index (χ4n) is 2.05. The van der Waals surface area contributed by atoms with E-state index < -0.39 is 0 Å². The highest BCUT2D eigenvalue weighted by molar-refractivity contribution is 9.10. The van der Waals surface area contributed by atoms with Crippen LogP contribution < -0.4 is 5.32 Å². The van der Waals surface area contributed by atoms with Gasteiger partial charge in [-0.25, -0.2) is 0 Å². The van der Waals surface area contributed by atoms with Crippen LogP contribution in [-0.4, -0.2) is 6.54 Å². The van der Waals surface area contributed by atoms with Crippen LogP contribution >= 0.6 is 27.5 Å². The Bertz CT molecular complexity index is 526. The Labute approximate surface area is 127 Å². The molecule has 0 spiro atoms. The standard InChI is InChI=1S/C15H17BrClNO/c1-2-8-18-14(12-7-9-19-15(12)17)10-11-5-3-4-6-13(11)16/h3-7,9,14,18H,2,8,10H2,1H3. The van der Waals surface area contributed by atoms with Gasteiger partial charge in [0, 0.05) is 16.1 Å². The number of hydrogen-bond acceptors (Lipinski definition) is 2. The molecule has 1 aromatic heterocycles. The number of halogens is 2. The minimum absolute atomic E-state index is 0.171. The van der Waals surface area contributed by atoms with E-state index in [9.17, 15) is 0 Å². The second-order valence-corrected chi connectivity index (χ2v) is 5.65. The van der Waals surface area contributed by atoms with E-state index in [0.29, 0.717) is 5.22 Å². The SMILES string of the molecule is CCCNC(Cc1ccccc1Br)c1ccoc1Cl. The highest BCUT2D eigenvalue weighted by Crippen LogP contribution is 2.29. The summed E-state index contributed by atoms with van der Waals surface area (Å²) < 4.78 is 6.33. The lowest BCUT2D eigenvalue weighted by Gasteiger charge is -2.18. The quantitative estimate of drug-likeness (QED) is 0.801. The van der Waals surface area contributed by atoms with Crippen LogP contribution in [0.25, 0.3) is 0 Å². The van der Waals surface area contributed by atoms with Crippen molar-refractivity contribution in [2.24, 2.45) is 0 Å². The maximum absolute atomic E-state index is 6.10. The van der Waals surface area contributed by atoms with Gasteiger partial charge in [-0.3, -0.25) is 0 Å². The van der Waals surface area contributed by atoms with Crippen molar-refractivity contribution in [3.63, 3.8) is 0 Å². The molecule has 0 fully saturated rings. The summed E-state index contributed by atoms with van der Waals surface area (Å²) in [5.74, 6) is 0. The van der Waals surface area contributed by atoms with Crippen molar-refractivity contribution in [3.8, 4) is 0 Å². The van der Waals surface area contributed by atoms with Crippen LogP contribution in [0, 0.1) is 0 Å². The molecule has 1 aromatic carbocycles. The van der Waals surface area contributed by atoms with Crippen LogP contribution in [0.5, 0.6) is 0 Å². The summed E-state index contributed by atoms with van der Waals surface area (Å²) in [5.41, 5.74) is 2.28. The molecule has 1 unspecified atom stereocenters. The topological polar surface area (TPSA) is 25.2 Å².